The van der Waals surface area contributed by atoms with E-state index in [1.54, 1.807) is 0 Å². The van der Waals surface area contributed by atoms with E-state index in [9.17, 15) is 4.79 Å². The summed E-state index contributed by atoms with van der Waals surface area (Å²) in [6, 6.07) is 0. The molecule has 0 aliphatic carbocycles. The zero-order chi connectivity index (χ0) is 22.0. The summed E-state index contributed by atoms with van der Waals surface area (Å²) in [5.74, 6) is -6.03. The normalized spacial score (nSPS) is 14.5. The maximum absolute atomic E-state index is 10.5. The Kier molecular flexibility index (Phi) is 28.5. The Morgan fingerprint density at radius 3 is 1.44 bits per heavy atom. The summed E-state index contributed by atoms with van der Waals surface area (Å²) >= 11 is 0. The van der Waals surface area contributed by atoms with Crippen molar-refractivity contribution in [2.24, 2.45) is 0 Å². The van der Waals surface area contributed by atoms with Crippen LogP contribution >= 0.6 is 0 Å². The Balaban J connectivity index is -0.0000000640. The first kappa shape index (κ1) is 35.6. The summed E-state index contributed by atoms with van der Waals surface area (Å²) < 4.78 is 4.32. The Morgan fingerprint density at radius 1 is 1.04 bits per heavy atom. The van der Waals surface area contributed by atoms with Gasteiger partial charge in [0.05, 0.1) is 6.61 Å². The zero-order valence-corrected chi connectivity index (χ0v) is 15.1. The quantitative estimate of drug-likeness (QED) is 0.0992. The van der Waals surface area contributed by atoms with Gasteiger partial charge in [0, 0.05) is 17.9 Å². The fourth-order valence-electron chi connectivity index (χ4n) is 0.823. The van der Waals surface area contributed by atoms with E-state index >= 15 is 0 Å². The molecule has 0 bridgehead atoms. The fraction of sp³-hybridized carbons (Fsp3) is 0.500. The first-order chi connectivity index (χ1) is 11.8. The maximum Gasteiger partial charge on any atom is 2.00 e. The van der Waals surface area contributed by atoms with E-state index in [1.165, 1.54) is 0 Å². The molecule has 0 spiro atoms. The van der Waals surface area contributed by atoms with Gasteiger partial charge in [-0.1, -0.05) is 0 Å². The number of aliphatic hydroxyl groups excluding tert-OH is 4. The predicted octanol–water partition coefficient (Wildman–Crippen LogP) is -5.01. The first-order valence-electron chi connectivity index (χ1n) is 6.12. The number of rotatable bonds is 2. The number of hydrogen-bond acceptors (Lipinski definition) is 14. The number of carboxylic acid groups (broad SMARTS) is 3. The van der Waals surface area contributed by atoms with Crippen LogP contribution in [-0.2, 0) is 41.0 Å². The second-order valence-electron chi connectivity index (χ2n) is 3.78. The summed E-state index contributed by atoms with van der Waals surface area (Å²) in [6.45, 7) is 2.25. The fourth-order valence-corrected chi connectivity index (χ4v) is 0.823. The van der Waals surface area contributed by atoms with Gasteiger partial charge in [0.25, 0.3) is 0 Å². The number of carbonyl (C=O) groups is 4. The van der Waals surface area contributed by atoms with Crippen LogP contribution in [0.1, 0.15) is 22.2 Å². The number of cyclic esters (lactones) is 1. The molecule has 27 heavy (non-hydrogen) atoms. The average Bonchev–Trinajstić information content (AvgIpc) is 2.74. The number of hydrogen-bond donors (Lipinski definition) is 6. The van der Waals surface area contributed by atoms with E-state index < -0.39 is 54.2 Å². The number of aliphatic hydroxyl groups is 4. The molecule has 6 N–H and O–H groups in total. The molecule has 1 heterocycles. The smallest absolute Gasteiger partial charge is 0.550 e. The monoisotopic (exact) mass is 451 g/mol. The summed E-state index contributed by atoms with van der Waals surface area (Å²) in [7, 11) is 0. The molecule has 1 radical (unpaired) electrons. The molecule has 163 valence electrons. The van der Waals surface area contributed by atoms with Crippen molar-refractivity contribution in [3.8, 4) is 0 Å². The van der Waals surface area contributed by atoms with Gasteiger partial charge in [-0.25, -0.2) is 4.79 Å². The van der Waals surface area contributed by atoms with Gasteiger partial charge in [-0.2, -0.15) is 0 Å². The van der Waals surface area contributed by atoms with Crippen LogP contribution in [0.5, 0.6) is 0 Å². The molecular weight excluding hydrogens is 432 g/mol. The van der Waals surface area contributed by atoms with E-state index in [4.69, 9.17) is 60.6 Å². The van der Waals surface area contributed by atoms with Gasteiger partial charge < -0.3 is 54.9 Å². The topological polar surface area (TPSA) is 268 Å². The molecule has 0 aromatic heterocycles. The van der Waals surface area contributed by atoms with Crippen molar-refractivity contribution < 1.29 is 88.7 Å². The van der Waals surface area contributed by atoms with Crippen LogP contribution in [0.4, 0.5) is 0 Å². The zero-order valence-electron chi connectivity index (χ0n) is 15.1. The number of carboxylic acids is 3. The van der Waals surface area contributed by atoms with Crippen molar-refractivity contribution in [1.29, 1.82) is 0 Å². The van der Waals surface area contributed by atoms with E-state index in [0.717, 1.165) is 20.8 Å². The van der Waals surface area contributed by atoms with Crippen molar-refractivity contribution in [3.63, 3.8) is 0 Å². The molecule has 0 amide bonds. The summed E-state index contributed by atoms with van der Waals surface area (Å²) in [4.78, 5) is 37.2. The van der Waals surface area contributed by atoms with Gasteiger partial charge in [0.1, 0.15) is 6.10 Å². The third-order valence-corrected chi connectivity index (χ3v) is 1.48. The van der Waals surface area contributed by atoms with E-state index in [-0.39, 0.29) is 18.5 Å². The van der Waals surface area contributed by atoms with Gasteiger partial charge in [-0.3, -0.25) is 10.5 Å². The van der Waals surface area contributed by atoms with Gasteiger partial charge in [-0.15, -0.1) is 0 Å². The summed E-state index contributed by atoms with van der Waals surface area (Å²) in [6.07, 6.45) is -2.78. The Labute approximate surface area is 164 Å². The predicted molar refractivity (Wildman–Crippen MR) is 73.7 cm³/mol. The molecule has 0 aromatic rings. The molecule has 15 heteroatoms. The van der Waals surface area contributed by atoms with Crippen LogP contribution in [0, 0.1) is 0 Å². The van der Waals surface area contributed by atoms with Gasteiger partial charge >= 0.3 is 24.5 Å². The average molecular weight is 452 g/mol. The third kappa shape index (κ3) is 28.6. The van der Waals surface area contributed by atoms with E-state index in [0.29, 0.717) is 0 Å². The van der Waals surface area contributed by atoms with E-state index in [2.05, 4.69) is 4.74 Å². The molecule has 0 saturated carbocycles. The van der Waals surface area contributed by atoms with Crippen LogP contribution < -0.4 is 15.3 Å². The molecule has 0 saturated heterocycles. The maximum atomic E-state index is 10.5. The van der Waals surface area contributed by atoms with Crippen LogP contribution in [0.2, 0.25) is 0 Å². The Hall–Kier alpha value is -2.42. The molecule has 0 aromatic carbocycles. The second kappa shape index (κ2) is 21.6. The Bertz CT molecular complexity index is 440. The van der Waals surface area contributed by atoms with Gasteiger partial charge in [-0.05, 0) is 20.8 Å². The second-order valence-corrected chi connectivity index (χ2v) is 3.78. The molecule has 14 nitrogen and oxygen atoms in total. The number of esters is 1. The van der Waals surface area contributed by atoms with Crippen LogP contribution in [0.15, 0.2) is 11.5 Å². The molecule has 1 aliphatic rings. The van der Waals surface area contributed by atoms with Crippen molar-refractivity contribution in [2.75, 3.05) is 6.61 Å². The van der Waals surface area contributed by atoms with Crippen LogP contribution in [0.3, 0.4) is 0 Å². The van der Waals surface area contributed by atoms with Gasteiger partial charge in [0.2, 0.25) is 5.76 Å². The van der Waals surface area contributed by atoms with Crippen LogP contribution in [0.25, 0.3) is 0 Å². The van der Waals surface area contributed by atoms with Crippen molar-refractivity contribution in [1.82, 2.24) is 0 Å². The standard InChI is InChI=1S/C6H8O6.3C2H4O2.Cu.H2O2/c7-1-2(8)5-3(9)4(10)6(11)12-5;3*1-2(3)4;;1-2/h2,5,7-10H,1H2;3*1H3,(H,3,4);;1-2H/q;;;;+2;/p-2/t2-,5+;;;;;/m0...../s1. The van der Waals surface area contributed by atoms with Crippen LogP contribution in [-0.4, -0.2) is 73.6 Å². The largest absolute Gasteiger partial charge is 2.00 e. The number of ether oxygens (including phenoxy) is 1. The number of aliphatic carboxylic acids is 3. The molecule has 2 atom stereocenters. The molecule has 1 rings (SSSR count). The summed E-state index contributed by atoms with van der Waals surface area (Å²) in [5.41, 5.74) is 0. The minimum Gasteiger partial charge on any atom is -0.550 e. The van der Waals surface area contributed by atoms with Gasteiger partial charge in [0.15, 0.2) is 11.9 Å². The number of carbonyl (C=O) groups excluding carboxylic acids is 4. The van der Waals surface area contributed by atoms with Crippen molar-refractivity contribution in [3.05, 3.63) is 11.5 Å². The molecular formula is C12H20CuO14. The van der Waals surface area contributed by atoms with E-state index in [1.807, 2.05) is 0 Å². The summed E-state index contributed by atoms with van der Waals surface area (Å²) in [5, 5.41) is 73.7. The molecule has 1 aliphatic heterocycles. The minimum absolute atomic E-state index is 0. The third-order valence-electron chi connectivity index (χ3n) is 1.48. The van der Waals surface area contributed by atoms with Crippen molar-refractivity contribution >= 4 is 23.9 Å². The minimum atomic E-state index is -1.42. The molecule has 0 unspecified atom stereocenters. The first-order valence-corrected chi connectivity index (χ1v) is 6.12. The molecule has 0 fully saturated rings. The SMILES string of the molecule is CC(=O)[O-].CC(=O)[O-].CC(=O)[O-].O=C1O[C@H]([C@@H](O)CO)C(O)=C1O.OO.[Cu+2].[H+]. The van der Waals surface area contributed by atoms with Crippen molar-refractivity contribution in [2.45, 2.75) is 33.0 Å². The Morgan fingerprint density at radius 2 is 1.30 bits per heavy atom.